The molecule has 0 heterocycles. The predicted molar refractivity (Wildman–Crippen MR) is 39.2 cm³/mol. The average Bonchev–Trinajstić information content (AvgIpc) is 1.86. The van der Waals surface area contributed by atoms with Crippen LogP contribution in [0.3, 0.4) is 0 Å². The SMILES string of the molecule is CCCC(CC(=O)O)P(=O)=O. The summed E-state index contributed by atoms with van der Waals surface area (Å²) in [5, 5.41) is 8.29. The summed E-state index contributed by atoms with van der Waals surface area (Å²) in [4.78, 5) is 10.1. The first-order valence-electron chi connectivity index (χ1n) is 3.43. The van der Waals surface area contributed by atoms with Gasteiger partial charge in [0.05, 0.1) is 12.1 Å². The van der Waals surface area contributed by atoms with Gasteiger partial charge in [0.25, 0.3) is 0 Å². The smallest absolute Gasteiger partial charge is 0.319 e. The third kappa shape index (κ3) is 4.73. The first kappa shape index (κ1) is 10.4. The van der Waals surface area contributed by atoms with Gasteiger partial charge in [0.2, 0.25) is 0 Å². The zero-order valence-electron chi connectivity index (χ0n) is 6.32. The second-order valence-electron chi connectivity index (χ2n) is 2.33. The number of carbonyl (C=O) groups is 1. The standard InChI is InChI=1S/C6H11O4P/c1-2-3-5(11(9)10)4-6(7)8/h5H,2-4H2,1H3,(H,7,8). The van der Waals surface area contributed by atoms with Crippen molar-refractivity contribution in [3.05, 3.63) is 0 Å². The van der Waals surface area contributed by atoms with Crippen LogP contribution in [0.25, 0.3) is 0 Å². The van der Waals surface area contributed by atoms with Crippen LogP contribution < -0.4 is 0 Å². The molecule has 0 amide bonds. The van der Waals surface area contributed by atoms with Crippen LogP contribution in [-0.4, -0.2) is 16.7 Å². The molecule has 1 atom stereocenters. The van der Waals surface area contributed by atoms with E-state index in [2.05, 4.69) is 0 Å². The quantitative estimate of drug-likeness (QED) is 0.651. The van der Waals surface area contributed by atoms with Crippen LogP contribution in [0, 0.1) is 0 Å². The lowest BCUT2D eigenvalue weighted by atomic mass is 10.2. The van der Waals surface area contributed by atoms with E-state index in [-0.39, 0.29) is 6.42 Å². The van der Waals surface area contributed by atoms with Crippen molar-refractivity contribution < 1.29 is 19.0 Å². The molecule has 64 valence electrons. The first-order valence-corrected chi connectivity index (χ1v) is 4.67. The van der Waals surface area contributed by atoms with E-state index in [1.807, 2.05) is 6.92 Å². The predicted octanol–water partition coefficient (Wildman–Crippen LogP) is 1.80. The molecule has 0 bridgehead atoms. The summed E-state index contributed by atoms with van der Waals surface area (Å²) in [6.07, 6.45) is 0.860. The van der Waals surface area contributed by atoms with Gasteiger partial charge in [0, 0.05) is 0 Å². The molecule has 0 spiro atoms. The van der Waals surface area contributed by atoms with Crippen molar-refractivity contribution in [2.45, 2.75) is 31.8 Å². The van der Waals surface area contributed by atoms with Crippen LogP contribution in [-0.2, 0) is 13.9 Å². The van der Waals surface area contributed by atoms with Gasteiger partial charge in [-0.1, -0.05) is 13.3 Å². The van der Waals surface area contributed by atoms with Gasteiger partial charge in [-0.25, -0.2) is 9.13 Å². The van der Waals surface area contributed by atoms with E-state index in [0.29, 0.717) is 12.8 Å². The monoisotopic (exact) mass is 178 g/mol. The Morgan fingerprint density at radius 2 is 2.09 bits per heavy atom. The Bertz CT molecular complexity index is 189. The molecular weight excluding hydrogens is 167 g/mol. The minimum absolute atomic E-state index is 0.271. The molecule has 0 aliphatic heterocycles. The maximum atomic E-state index is 10.4. The minimum atomic E-state index is -2.58. The molecule has 0 saturated heterocycles. The van der Waals surface area contributed by atoms with Crippen LogP contribution in [0.1, 0.15) is 26.2 Å². The Hall–Kier alpha value is -0.630. The lowest BCUT2D eigenvalue weighted by molar-refractivity contribution is -0.137. The van der Waals surface area contributed by atoms with Gasteiger partial charge < -0.3 is 5.11 Å². The summed E-state index contributed by atoms with van der Waals surface area (Å²) in [6, 6.07) is 0. The molecule has 0 aromatic carbocycles. The van der Waals surface area contributed by atoms with E-state index < -0.39 is 19.3 Å². The fourth-order valence-corrected chi connectivity index (χ4v) is 1.59. The van der Waals surface area contributed by atoms with E-state index in [9.17, 15) is 13.9 Å². The largest absolute Gasteiger partial charge is 0.481 e. The van der Waals surface area contributed by atoms with Gasteiger partial charge in [-0.05, 0) is 6.42 Å². The second kappa shape index (κ2) is 5.08. The van der Waals surface area contributed by atoms with Crippen LogP contribution in [0.15, 0.2) is 0 Å². The zero-order valence-corrected chi connectivity index (χ0v) is 7.21. The van der Waals surface area contributed by atoms with E-state index in [1.165, 1.54) is 0 Å². The summed E-state index contributed by atoms with van der Waals surface area (Å²) in [7, 11) is -2.58. The van der Waals surface area contributed by atoms with E-state index in [1.54, 1.807) is 0 Å². The molecule has 0 saturated carbocycles. The Labute approximate surface area is 65.4 Å². The van der Waals surface area contributed by atoms with Crippen molar-refractivity contribution in [1.29, 1.82) is 0 Å². The molecule has 5 heteroatoms. The van der Waals surface area contributed by atoms with Gasteiger partial charge in [0.15, 0.2) is 0 Å². The van der Waals surface area contributed by atoms with Crippen molar-refractivity contribution in [3.8, 4) is 0 Å². The fourth-order valence-electron chi connectivity index (χ4n) is 0.817. The molecular formula is C6H11O4P. The Balaban J connectivity index is 4.00. The minimum Gasteiger partial charge on any atom is -0.481 e. The van der Waals surface area contributed by atoms with Crippen molar-refractivity contribution in [3.63, 3.8) is 0 Å². The molecule has 0 radical (unpaired) electrons. The summed E-state index contributed by atoms with van der Waals surface area (Å²) < 4.78 is 20.8. The highest BCUT2D eigenvalue weighted by molar-refractivity contribution is 7.31. The summed E-state index contributed by atoms with van der Waals surface area (Å²) in [5.41, 5.74) is -0.688. The Kier molecular flexibility index (Phi) is 4.79. The lowest BCUT2D eigenvalue weighted by Gasteiger charge is -2.01. The van der Waals surface area contributed by atoms with Crippen LogP contribution >= 0.6 is 7.68 Å². The molecule has 4 nitrogen and oxygen atoms in total. The van der Waals surface area contributed by atoms with Gasteiger partial charge in [-0.3, -0.25) is 4.79 Å². The molecule has 0 aliphatic rings. The fraction of sp³-hybridized carbons (Fsp3) is 0.833. The average molecular weight is 178 g/mol. The van der Waals surface area contributed by atoms with Crippen molar-refractivity contribution in [1.82, 2.24) is 0 Å². The third-order valence-corrected chi connectivity index (χ3v) is 2.37. The topological polar surface area (TPSA) is 71.4 Å². The number of aliphatic carboxylic acids is 1. The van der Waals surface area contributed by atoms with Crippen LogP contribution in [0.5, 0.6) is 0 Å². The maximum absolute atomic E-state index is 10.4. The van der Waals surface area contributed by atoms with E-state index in [0.717, 1.165) is 0 Å². The highest BCUT2D eigenvalue weighted by Gasteiger charge is 2.16. The van der Waals surface area contributed by atoms with Crippen molar-refractivity contribution >= 4 is 13.6 Å². The molecule has 0 aliphatic carbocycles. The number of hydrogen-bond acceptors (Lipinski definition) is 3. The molecule has 0 fully saturated rings. The van der Waals surface area contributed by atoms with Gasteiger partial charge in [0.1, 0.15) is 0 Å². The number of carboxylic acids is 1. The Morgan fingerprint density at radius 1 is 1.55 bits per heavy atom. The number of hydrogen-bond donors (Lipinski definition) is 1. The van der Waals surface area contributed by atoms with Crippen LogP contribution in [0.2, 0.25) is 0 Å². The normalized spacial score (nSPS) is 12.5. The molecule has 1 unspecified atom stereocenters. The molecule has 0 aromatic rings. The van der Waals surface area contributed by atoms with Crippen LogP contribution in [0.4, 0.5) is 0 Å². The molecule has 11 heavy (non-hydrogen) atoms. The van der Waals surface area contributed by atoms with Crippen molar-refractivity contribution in [2.24, 2.45) is 0 Å². The second-order valence-corrected chi connectivity index (χ2v) is 3.63. The Morgan fingerprint density at radius 3 is 2.36 bits per heavy atom. The molecule has 0 rings (SSSR count). The molecule has 1 N–H and O–H groups in total. The number of rotatable bonds is 5. The summed E-state index contributed by atoms with van der Waals surface area (Å²) >= 11 is 0. The number of carboxylic acid groups (broad SMARTS) is 1. The van der Waals surface area contributed by atoms with Crippen molar-refractivity contribution in [2.75, 3.05) is 0 Å². The third-order valence-electron chi connectivity index (χ3n) is 1.33. The van der Waals surface area contributed by atoms with Gasteiger partial charge in [-0.15, -0.1) is 0 Å². The highest BCUT2D eigenvalue weighted by atomic mass is 31.1. The van der Waals surface area contributed by atoms with E-state index >= 15 is 0 Å². The van der Waals surface area contributed by atoms with E-state index in [4.69, 9.17) is 5.11 Å². The summed E-state index contributed by atoms with van der Waals surface area (Å²) in [6.45, 7) is 1.83. The van der Waals surface area contributed by atoms with Gasteiger partial charge in [-0.2, -0.15) is 0 Å². The zero-order chi connectivity index (χ0) is 8.85. The lowest BCUT2D eigenvalue weighted by Crippen LogP contribution is -2.07. The summed E-state index contributed by atoms with van der Waals surface area (Å²) in [5.74, 6) is -1.05. The highest BCUT2D eigenvalue weighted by Crippen LogP contribution is 2.22. The first-order chi connectivity index (χ1) is 5.07. The molecule has 0 aromatic heterocycles. The van der Waals surface area contributed by atoms with Gasteiger partial charge >= 0.3 is 13.6 Å². The maximum Gasteiger partial charge on any atom is 0.319 e.